The van der Waals surface area contributed by atoms with Crippen molar-refractivity contribution in [1.29, 1.82) is 0 Å². The topological polar surface area (TPSA) is 23.5 Å². The van der Waals surface area contributed by atoms with Gasteiger partial charge >= 0.3 is 0 Å². The lowest BCUT2D eigenvalue weighted by Gasteiger charge is -2.47. The van der Waals surface area contributed by atoms with Gasteiger partial charge < -0.3 is 5.11 Å². The Morgan fingerprint density at radius 1 is 0.733 bits per heavy atom. The van der Waals surface area contributed by atoms with Crippen molar-refractivity contribution in [2.24, 2.45) is 0 Å². The molecule has 2 rings (SSSR count). The third-order valence-corrected chi connectivity index (χ3v) is 13.3. The average Bonchev–Trinajstić information content (AvgIpc) is 2.79. The maximum atomic E-state index is 11.6. The molecular formula is C27H43NOSi. The van der Waals surface area contributed by atoms with Crippen LogP contribution in [0, 0.1) is 0 Å². The first-order valence-electron chi connectivity index (χ1n) is 12.1. The van der Waals surface area contributed by atoms with E-state index in [1.54, 1.807) is 0 Å². The van der Waals surface area contributed by atoms with Crippen molar-refractivity contribution in [2.75, 3.05) is 0 Å². The van der Waals surface area contributed by atoms with Crippen molar-refractivity contribution in [2.45, 2.75) is 96.4 Å². The fraction of sp³-hybridized carbons (Fsp3) is 0.556. The monoisotopic (exact) mass is 425 g/mol. The molecular weight excluding hydrogens is 382 g/mol. The molecule has 0 heterocycles. The number of aliphatic hydroxyl groups is 1. The Balaban J connectivity index is 2.42. The lowest BCUT2D eigenvalue weighted by Crippen LogP contribution is -2.60. The molecule has 0 bridgehead atoms. The number of benzene rings is 2. The Morgan fingerprint density at radius 2 is 1.20 bits per heavy atom. The molecule has 0 saturated heterocycles. The standard InChI is InChI=1S/C27H43NOSi/c1-5-9-12-21-26(29)27(30(6-2,7-3)8-4)28(22-24-17-13-10-14-18-24)23-25-19-15-11-16-20-25/h10-11,13-20,26-27,29H,5-9,12,21-23H2,1-4H3/t26-,27-/m1/s1. The Hall–Kier alpha value is -1.42. The first kappa shape index (κ1) is 24.8. The largest absolute Gasteiger partial charge is 0.392 e. The third-order valence-electron chi connectivity index (χ3n) is 7.06. The van der Waals surface area contributed by atoms with E-state index in [4.69, 9.17) is 0 Å². The van der Waals surface area contributed by atoms with Crippen molar-refractivity contribution in [3.05, 3.63) is 71.8 Å². The Bertz CT molecular complexity index is 637. The van der Waals surface area contributed by atoms with E-state index in [1.807, 2.05) is 0 Å². The number of hydrogen-bond donors (Lipinski definition) is 1. The van der Waals surface area contributed by atoms with Crippen LogP contribution in [0.3, 0.4) is 0 Å². The maximum absolute atomic E-state index is 11.6. The summed E-state index contributed by atoms with van der Waals surface area (Å²) in [6.07, 6.45) is 4.22. The second-order valence-corrected chi connectivity index (χ2v) is 14.2. The quantitative estimate of drug-likeness (QED) is 0.259. The van der Waals surface area contributed by atoms with Crippen LogP contribution in [0.15, 0.2) is 60.7 Å². The number of aliphatic hydroxyl groups excluding tert-OH is 1. The van der Waals surface area contributed by atoms with Crippen molar-refractivity contribution in [1.82, 2.24) is 4.90 Å². The molecule has 30 heavy (non-hydrogen) atoms. The minimum Gasteiger partial charge on any atom is -0.392 e. The van der Waals surface area contributed by atoms with E-state index >= 15 is 0 Å². The Kier molecular flexibility index (Phi) is 10.8. The van der Waals surface area contributed by atoms with Crippen molar-refractivity contribution < 1.29 is 5.11 Å². The highest BCUT2D eigenvalue weighted by Gasteiger charge is 2.43. The molecule has 0 fully saturated rings. The summed E-state index contributed by atoms with van der Waals surface area (Å²) < 4.78 is 0. The first-order chi connectivity index (χ1) is 14.6. The third kappa shape index (κ3) is 6.80. The van der Waals surface area contributed by atoms with Gasteiger partial charge in [-0.25, -0.2) is 0 Å². The van der Waals surface area contributed by atoms with Gasteiger partial charge in [-0.15, -0.1) is 0 Å². The number of unbranched alkanes of at least 4 members (excludes halogenated alkanes) is 2. The second-order valence-electron chi connectivity index (χ2n) is 8.81. The average molecular weight is 426 g/mol. The van der Waals surface area contributed by atoms with Gasteiger partial charge in [-0.05, 0) is 17.5 Å². The molecule has 0 aliphatic rings. The predicted octanol–water partition coefficient (Wildman–Crippen LogP) is 7.05. The lowest BCUT2D eigenvalue weighted by atomic mass is 10.1. The minimum atomic E-state index is -1.66. The fourth-order valence-corrected chi connectivity index (χ4v) is 9.76. The van der Waals surface area contributed by atoms with Gasteiger partial charge in [0.1, 0.15) is 0 Å². The second kappa shape index (κ2) is 13.1. The smallest absolute Gasteiger partial charge is 0.0755 e. The van der Waals surface area contributed by atoms with Crippen LogP contribution in [0.4, 0.5) is 0 Å². The molecule has 2 atom stereocenters. The minimum absolute atomic E-state index is 0.240. The van der Waals surface area contributed by atoms with Gasteiger partial charge in [-0.1, -0.05) is 126 Å². The number of hydrogen-bond acceptors (Lipinski definition) is 2. The maximum Gasteiger partial charge on any atom is 0.0755 e. The summed E-state index contributed by atoms with van der Waals surface area (Å²) >= 11 is 0. The van der Waals surface area contributed by atoms with Crippen molar-refractivity contribution in [3.63, 3.8) is 0 Å². The molecule has 166 valence electrons. The molecule has 0 saturated carbocycles. The van der Waals surface area contributed by atoms with E-state index in [9.17, 15) is 5.11 Å². The summed E-state index contributed by atoms with van der Waals surface area (Å²) in [4.78, 5) is 2.63. The van der Waals surface area contributed by atoms with E-state index in [0.717, 1.165) is 25.9 Å². The van der Waals surface area contributed by atoms with Crippen LogP contribution in [-0.2, 0) is 13.1 Å². The molecule has 2 aromatic rings. The zero-order chi connectivity index (χ0) is 21.8. The molecule has 0 unspecified atom stereocenters. The summed E-state index contributed by atoms with van der Waals surface area (Å²) in [6.45, 7) is 11.2. The molecule has 0 aromatic heterocycles. The summed E-state index contributed by atoms with van der Waals surface area (Å²) in [7, 11) is -1.66. The van der Waals surface area contributed by atoms with Crippen LogP contribution >= 0.6 is 0 Å². The predicted molar refractivity (Wildman–Crippen MR) is 133 cm³/mol. The van der Waals surface area contributed by atoms with Gasteiger partial charge in [-0.3, -0.25) is 4.90 Å². The SMILES string of the molecule is CCCCC[C@@H](O)[C@H](N(Cc1ccccc1)Cc1ccccc1)[Si](CC)(CC)CC. The highest BCUT2D eigenvalue weighted by Crippen LogP contribution is 2.33. The van der Waals surface area contributed by atoms with Crippen LogP contribution in [0.5, 0.6) is 0 Å². The van der Waals surface area contributed by atoms with Gasteiger partial charge in [0.2, 0.25) is 0 Å². The van der Waals surface area contributed by atoms with E-state index in [2.05, 4.69) is 93.3 Å². The summed E-state index contributed by atoms with van der Waals surface area (Å²) in [5.74, 6) is 0. The zero-order valence-corrected chi connectivity index (χ0v) is 20.7. The normalized spacial score (nSPS) is 14.1. The van der Waals surface area contributed by atoms with E-state index < -0.39 is 8.07 Å². The Labute approximate surface area is 186 Å². The van der Waals surface area contributed by atoms with Gasteiger partial charge in [0.15, 0.2) is 0 Å². The van der Waals surface area contributed by atoms with E-state index in [0.29, 0.717) is 0 Å². The van der Waals surface area contributed by atoms with Crippen LogP contribution < -0.4 is 0 Å². The van der Waals surface area contributed by atoms with E-state index in [-0.39, 0.29) is 11.8 Å². The molecule has 0 radical (unpaired) electrons. The molecule has 0 aliphatic heterocycles. The molecule has 2 nitrogen and oxygen atoms in total. The first-order valence-corrected chi connectivity index (χ1v) is 14.8. The molecule has 0 aliphatic carbocycles. The van der Waals surface area contributed by atoms with Crippen LogP contribution in [0.25, 0.3) is 0 Å². The zero-order valence-electron chi connectivity index (χ0n) is 19.7. The van der Waals surface area contributed by atoms with Crippen LogP contribution in [-0.4, -0.2) is 29.8 Å². The molecule has 0 amide bonds. The van der Waals surface area contributed by atoms with Crippen molar-refractivity contribution in [3.8, 4) is 0 Å². The molecule has 3 heteroatoms. The van der Waals surface area contributed by atoms with Gasteiger partial charge in [0, 0.05) is 18.8 Å². The molecule has 0 spiro atoms. The number of nitrogens with zero attached hydrogens (tertiary/aromatic N) is 1. The fourth-order valence-electron chi connectivity index (χ4n) is 5.07. The number of rotatable bonds is 14. The lowest BCUT2D eigenvalue weighted by molar-refractivity contribution is 0.0664. The van der Waals surface area contributed by atoms with Crippen molar-refractivity contribution >= 4 is 8.07 Å². The van der Waals surface area contributed by atoms with Gasteiger partial charge in [0.25, 0.3) is 0 Å². The summed E-state index contributed by atoms with van der Waals surface area (Å²) in [5, 5.41) is 11.6. The Morgan fingerprint density at radius 3 is 1.60 bits per heavy atom. The molecule has 2 aromatic carbocycles. The summed E-state index contributed by atoms with van der Waals surface area (Å²) in [6, 6.07) is 25.3. The summed E-state index contributed by atoms with van der Waals surface area (Å²) in [5.41, 5.74) is 2.96. The van der Waals surface area contributed by atoms with Crippen LogP contribution in [0.1, 0.15) is 64.5 Å². The highest BCUT2D eigenvalue weighted by molar-refractivity contribution is 6.81. The van der Waals surface area contributed by atoms with Gasteiger partial charge in [0.05, 0.1) is 14.2 Å². The van der Waals surface area contributed by atoms with E-state index in [1.165, 1.54) is 42.1 Å². The highest BCUT2D eigenvalue weighted by atomic mass is 28.3. The molecule has 1 N–H and O–H groups in total. The van der Waals surface area contributed by atoms with Crippen LogP contribution in [0.2, 0.25) is 18.1 Å². The van der Waals surface area contributed by atoms with Gasteiger partial charge in [-0.2, -0.15) is 0 Å².